The van der Waals surface area contributed by atoms with Crippen LogP contribution in [0.15, 0.2) is 146 Å². The van der Waals surface area contributed by atoms with E-state index in [-0.39, 0.29) is 5.82 Å². The predicted octanol–water partition coefficient (Wildman–Crippen LogP) is 9.64. The Hall–Kier alpha value is -5.35. The Kier molecular flexibility index (Phi) is 5.79. The van der Waals surface area contributed by atoms with Crippen molar-refractivity contribution in [1.82, 2.24) is 4.57 Å². The molecule has 0 radical (unpaired) electrons. The van der Waals surface area contributed by atoms with Gasteiger partial charge in [0.15, 0.2) is 0 Å². The molecule has 0 atom stereocenters. The lowest BCUT2D eigenvalue weighted by molar-refractivity contribution is 0.627. The zero-order chi connectivity index (χ0) is 27.1. The lowest BCUT2D eigenvalue weighted by Gasteiger charge is -2.26. The Labute approximate surface area is 232 Å². The fourth-order valence-electron chi connectivity index (χ4n) is 5.47. The molecule has 0 aliphatic rings. The van der Waals surface area contributed by atoms with Crippen LogP contribution in [0.25, 0.3) is 38.6 Å². The van der Waals surface area contributed by atoms with Crippen LogP contribution in [0.5, 0.6) is 0 Å². The predicted molar refractivity (Wildman–Crippen MR) is 165 cm³/mol. The minimum atomic E-state index is -0.246. The second-order valence-corrected chi connectivity index (χ2v) is 9.87. The molecule has 1 heterocycles. The number of halogens is 1. The number of nitrogens with zero attached hydrogens (tertiary/aromatic N) is 2. The topological polar surface area (TPSA) is 34.2 Å². The highest BCUT2D eigenvalue weighted by Gasteiger charge is 2.17. The van der Waals surface area contributed by atoms with Crippen molar-refractivity contribution in [2.45, 2.75) is 0 Å². The highest BCUT2D eigenvalue weighted by atomic mass is 19.1. The summed E-state index contributed by atoms with van der Waals surface area (Å²) in [6.07, 6.45) is 0. The standard InChI is InChI=1S/C36H26FN3/c37-27-12-18-31(19-13-27)40-35-9-5-4-8-33(35)34-24-32(22-23-36(34)40)39(30-20-14-28(38)15-21-30)29-16-10-26(11-17-29)25-6-2-1-3-7-25/h1-24H,38H2. The molecule has 2 N–H and O–H groups in total. The molecule has 0 unspecified atom stereocenters. The zero-order valence-electron chi connectivity index (χ0n) is 21.7. The summed E-state index contributed by atoms with van der Waals surface area (Å²) in [6, 6.07) is 48.5. The highest BCUT2D eigenvalue weighted by Crippen LogP contribution is 2.40. The molecule has 6 aromatic carbocycles. The average molecular weight is 520 g/mol. The number of nitrogens with two attached hydrogens (primary N) is 1. The molecular formula is C36H26FN3. The third-order valence-electron chi connectivity index (χ3n) is 7.38. The molecule has 0 saturated heterocycles. The van der Waals surface area contributed by atoms with E-state index < -0.39 is 0 Å². The normalized spacial score (nSPS) is 11.2. The third-order valence-corrected chi connectivity index (χ3v) is 7.38. The molecular weight excluding hydrogens is 493 g/mol. The molecule has 0 bridgehead atoms. The van der Waals surface area contributed by atoms with E-state index in [1.165, 1.54) is 23.3 Å². The molecule has 4 heteroatoms. The van der Waals surface area contributed by atoms with Crippen LogP contribution in [0.3, 0.4) is 0 Å². The Balaban J connectivity index is 1.41. The number of hydrogen-bond donors (Lipinski definition) is 1. The van der Waals surface area contributed by atoms with Gasteiger partial charge in [-0.25, -0.2) is 4.39 Å². The van der Waals surface area contributed by atoms with Crippen LogP contribution in [0, 0.1) is 5.82 Å². The Morgan fingerprint density at radius 2 is 1.07 bits per heavy atom. The SMILES string of the molecule is Nc1ccc(N(c2ccc(-c3ccccc3)cc2)c2ccc3c(c2)c2ccccc2n3-c2ccc(F)cc2)cc1. The molecule has 7 aromatic rings. The van der Waals surface area contributed by atoms with Gasteiger partial charge in [-0.3, -0.25) is 0 Å². The Bertz CT molecular complexity index is 1940. The second kappa shape index (κ2) is 9.75. The molecule has 3 nitrogen and oxygen atoms in total. The van der Waals surface area contributed by atoms with Gasteiger partial charge in [0.1, 0.15) is 5.82 Å². The van der Waals surface area contributed by atoms with Gasteiger partial charge in [0.2, 0.25) is 0 Å². The average Bonchev–Trinajstić information content (AvgIpc) is 3.33. The molecule has 40 heavy (non-hydrogen) atoms. The van der Waals surface area contributed by atoms with Crippen LogP contribution in [-0.4, -0.2) is 4.57 Å². The quantitative estimate of drug-likeness (QED) is 0.230. The number of aromatic nitrogens is 1. The van der Waals surface area contributed by atoms with Crippen LogP contribution in [-0.2, 0) is 0 Å². The Morgan fingerprint density at radius 3 is 1.80 bits per heavy atom. The van der Waals surface area contributed by atoms with Crippen molar-refractivity contribution < 1.29 is 4.39 Å². The van der Waals surface area contributed by atoms with E-state index in [0.717, 1.165) is 50.2 Å². The van der Waals surface area contributed by atoms with Crippen molar-refractivity contribution in [1.29, 1.82) is 0 Å². The van der Waals surface area contributed by atoms with Crippen LogP contribution < -0.4 is 10.6 Å². The molecule has 0 fully saturated rings. The van der Waals surface area contributed by atoms with E-state index in [0.29, 0.717) is 0 Å². The largest absolute Gasteiger partial charge is 0.399 e. The van der Waals surface area contributed by atoms with Crippen LogP contribution >= 0.6 is 0 Å². The molecule has 192 valence electrons. The first kappa shape index (κ1) is 23.7. The van der Waals surface area contributed by atoms with Gasteiger partial charge < -0.3 is 15.2 Å². The number of fused-ring (bicyclic) bond motifs is 3. The number of rotatable bonds is 5. The maximum absolute atomic E-state index is 13.7. The summed E-state index contributed by atoms with van der Waals surface area (Å²) in [4.78, 5) is 2.25. The smallest absolute Gasteiger partial charge is 0.123 e. The first-order chi connectivity index (χ1) is 19.7. The number of anilines is 4. The van der Waals surface area contributed by atoms with E-state index in [1.54, 1.807) is 0 Å². The van der Waals surface area contributed by atoms with Crippen LogP contribution in [0.2, 0.25) is 0 Å². The first-order valence-corrected chi connectivity index (χ1v) is 13.3. The zero-order valence-corrected chi connectivity index (χ0v) is 21.7. The summed E-state index contributed by atoms with van der Waals surface area (Å²) in [6.45, 7) is 0. The number of hydrogen-bond acceptors (Lipinski definition) is 2. The summed E-state index contributed by atoms with van der Waals surface area (Å²) in [7, 11) is 0. The third kappa shape index (κ3) is 4.16. The van der Waals surface area contributed by atoms with Gasteiger partial charge in [-0.05, 0) is 96.1 Å². The van der Waals surface area contributed by atoms with E-state index >= 15 is 0 Å². The van der Waals surface area contributed by atoms with Crippen LogP contribution in [0.1, 0.15) is 0 Å². The number of benzene rings is 6. The second-order valence-electron chi connectivity index (χ2n) is 9.87. The molecule has 1 aromatic heterocycles. The summed E-state index contributed by atoms with van der Waals surface area (Å²) < 4.78 is 15.9. The summed E-state index contributed by atoms with van der Waals surface area (Å²) in [5.41, 5.74) is 15.3. The van der Waals surface area contributed by atoms with Gasteiger partial charge in [0.05, 0.1) is 11.0 Å². The van der Waals surface area contributed by atoms with Crippen molar-refractivity contribution in [3.63, 3.8) is 0 Å². The first-order valence-electron chi connectivity index (χ1n) is 13.3. The van der Waals surface area contributed by atoms with E-state index in [1.807, 2.05) is 48.5 Å². The van der Waals surface area contributed by atoms with Crippen molar-refractivity contribution >= 4 is 44.6 Å². The number of nitrogen functional groups attached to an aromatic ring is 1. The molecule has 7 rings (SSSR count). The minimum absolute atomic E-state index is 0.246. The van der Waals surface area contributed by atoms with E-state index in [2.05, 4.69) is 94.4 Å². The highest BCUT2D eigenvalue weighted by molar-refractivity contribution is 6.10. The van der Waals surface area contributed by atoms with Gasteiger partial charge >= 0.3 is 0 Å². The van der Waals surface area contributed by atoms with Crippen molar-refractivity contribution in [2.75, 3.05) is 10.6 Å². The van der Waals surface area contributed by atoms with E-state index in [9.17, 15) is 4.39 Å². The lowest BCUT2D eigenvalue weighted by atomic mass is 10.0. The molecule has 0 aliphatic carbocycles. The van der Waals surface area contributed by atoms with E-state index in [4.69, 9.17) is 5.73 Å². The molecule has 0 saturated carbocycles. The lowest BCUT2D eigenvalue weighted by Crippen LogP contribution is -2.10. The minimum Gasteiger partial charge on any atom is -0.399 e. The van der Waals surface area contributed by atoms with Crippen molar-refractivity contribution in [3.05, 3.63) is 151 Å². The maximum Gasteiger partial charge on any atom is 0.123 e. The number of para-hydroxylation sites is 1. The fraction of sp³-hybridized carbons (Fsp3) is 0. The van der Waals surface area contributed by atoms with Crippen LogP contribution in [0.4, 0.5) is 27.1 Å². The summed E-state index contributed by atoms with van der Waals surface area (Å²) >= 11 is 0. The van der Waals surface area contributed by atoms with Gasteiger partial charge in [0, 0.05) is 39.2 Å². The monoisotopic (exact) mass is 519 g/mol. The molecule has 0 amide bonds. The molecule has 0 aliphatic heterocycles. The fourth-order valence-corrected chi connectivity index (χ4v) is 5.47. The summed E-state index contributed by atoms with van der Waals surface area (Å²) in [5, 5.41) is 2.26. The Morgan fingerprint density at radius 1 is 0.500 bits per heavy atom. The molecule has 0 spiro atoms. The van der Waals surface area contributed by atoms with Gasteiger partial charge in [0.25, 0.3) is 0 Å². The maximum atomic E-state index is 13.7. The van der Waals surface area contributed by atoms with Crippen molar-refractivity contribution in [2.24, 2.45) is 0 Å². The summed E-state index contributed by atoms with van der Waals surface area (Å²) in [5.74, 6) is -0.246. The van der Waals surface area contributed by atoms with Gasteiger partial charge in [-0.15, -0.1) is 0 Å². The van der Waals surface area contributed by atoms with Crippen molar-refractivity contribution in [3.8, 4) is 16.8 Å². The van der Waals surface area contributed by atoms with Gasteiger partial charge in [-0.2, -0.15) is 0 Å². The van der Waals surface area contributed by atoms with Gasteiger partial charge in [-0.1, -0.05) is 60.7 Å².